The molecule has 1 saturated heterocycles. The average molecular weight is 413 g/mol. The molecule has 2 heterocycles. The van der Waals surface area contributed by atoms with Crippen LogP contribution in [0.25, 0.3) is 11.0 Å². The predicted molar refractivity (Wildman–Crippen MR) is 111 cm³/mol. The van der Waals surface area contributed by atoms with Crippen molar-refractivity contribution in [2.24, 2.45) is 0 Å². The molecule has 29 heavy (non-hydrogen) atoms. The van der Waals surface area contributed by atoms with Gasteiger partial charge in [-0.2, -0.15) is 4.31 Å². The number of rotatable bonds is 5. The van der Waals surface area contributed by atoms with Gasteiger partial charge in [-0.1, -0.05) is 18.6 Å². The summed E-state index contributed by atoms with van der Waals surface area (Å²) < 4.78 is 38.1. The summed E-state index contributed by atoms with van der Waals surface area (Å²) in [5.74, 6) is 0.538. The molecule has 1 aromatic heterocycles. The molecule has 3 aromatic rings. The summed E-state index contributed by atoms with van der Waals surface area (Å²) in [7, 11) is -3.46. The van der Waals surface area contributed by atoms with Crippen molar-refractivity contribution in [1.29, 1.82) is 0 Å². The van der Waals surface area contributed by atoms with Crippen molar-refractivity contribution < 1.29 is 17.6 Å². The Morgan fingerprint density at radius 3 is 2.45 bits per heavy atom. The SMILES string of the molecule is Cc1ccc2c(COc3ccc(S(=O)(=O)N4CCCCC4)cc3)cc(=O)oc2c1. The molecule has 2 aromatic carbocycles. The lowest BCUT2D eigenvalue weighted by molar-refractivity contribution is 0.306. The molecule has 1 fully saturated rings. The zero-order valence-corrected chi connectivity index (χ0v) is 17.1. The number of piperidine rings is 1. The molecule has 0 unspecified atom stereocenters. The minimum Gasteiger partial charge on any atom is -0.489 e. The van der Waals surface area contributed by atoms with Crippen molar-refractivity contribution in [3.63, 3.8) is 0 Å². The van der Waals surface area contributed by atoms with E-state index in [0.717, 1.165) is 35.8 Å². The Morgan fingerprint density at radius 2 is 1.72 bits per heavy atom. The van der Waals surface area contributed by atoms with Gasteiger partial charge in [-0.25, -0.2) is 13.2 Å². The topological polar surface area (TPSA) is 76.8 Å². The maximum Gasteiger partial charge on any atom is 0.336 e. The third kappa shape index (κ3) is 4.21. The lowest BCUT2D eigenvalue weighted by Gasteiger charge is -2.25. The van der Waals surface area contributed by atoms with Gasteiger partial charge in [0.05, 0.1) is 4.90 Å². The number of fused-ring (bicyclic) bond motifs is 1. The maximum atomic E-state index is 12.7. The first kappa shape index (κ1) is 19.7. The fourth-order valence-electron chi connectivity index (χ4n) is 3.58. The largest absolute Gasteiger partial charge is 0.489 e. The second-order valence-corrected chi connectivity index (χ2v) is 9.25. The van der Waals surface area contributed by atoms with Crippen LogP contribution in [-0.4, -0.2) is 25.8 Å². The summed E-state index contributed by atoms with van der Waals surface area (Å²) in [4.78, 5) is 12.1. The van der Waals surface area contributed by atoms with Gasteiger partial charge in [0.2, 0.25) is 10.0 Å². The highest BCUT2D eigenvalue weighted by molar-refractivity contribution is 7.89. The van der Waals surface area contributed by atoms with E-state index in [2.05, 4.69) is 0 Å². The zero-order chi connectivity index (χ0) is 20.4. The molecule has 0 saturated carbocycles. The van der Waals surface area contributed by atoms with Gasteiger partial charge in [-0.05, 0) is 55.7 Å². The van der Waals surface area contributed by atoms with Crippen molar-refractivity contribution in [3.8, 4) is 5.75 Å². The first-order chi connectivity index (χ1) is 13.9. The van der Waals surface area contributed by atoms with Crippen molar-refractivity contribution >= 4 is 21.0 Å². The van der Waals surface area contributed by atoms with Crippen LogP contribution < -0.4 is 10.4 Å². The standard InChI is InChI=1S/C22H23NO5S/c1-16-5-10-20-17(14-22(24)28-21(20)13-16)15-27-18-6-8-19(9-7-18)29(25,26)23-11-3-2-4-12-23/h5-10,13-14H,2-4,11-12,15H2,1H3. The summed E-state index contributed by atoms with van der Waals surface area (Å²) in [6.07, 6.45) is 2.88. The van der Waals surface area contributed by atoms with Gasteiger partial charge in [0.1, 0.15) is 17.9 Å². The molecular formula is C22H23NO5S. The lowest BCUT2D eigenvalue weighted by Crippen LogP contribution is -2.35. The van der Waals surface area contributed by atoms with Crippen LogP contribution in [0.1, 0.15) is 30.4 Å². The van der Waals surface area contributed by atoms with E-state index in [1.807, 2.05) is 25.1 Å². The van der Waals surface area contributed by atoms with E-state index < -0.39 is 15.6 Å². The predicted octanol–water partition coefficient (Wildman–Crippen LogP) is 3.86. The van der Waals surface area contributed by atoms with Gasteiger partial charge < -0.3 is 9.15 Å². The third-order valence-corrected chi connectivity index (χ3v) is 7.07. The van der Waals surface area contributed by atoms with Crippen LogP contribution in [0.15, 0.2) is 62.6 Å². The Hall–Kier alpha value is -2.64. The Labute approximate surface area is 169 Å². The first-order valence-corrected chi connectivity index (χ1v) is 11.1. The van der Waals surface area contributed by atoms with Crippen LogP contribution in [0.2, 0.25) is 0 Å². The van der Waals surface area contributed by atoms with Gasteiger partial charge in [0.15, 0.2) is 0 Å². The molecule has 7 heteroatoms. The van der Waals surface area contributed by atoms with Crippen LogP contribution >= 0.6 is 0 Å². The van der Waals surface area contributed by atoms with Crippen molar-refractivity contribution in [2.75, 3.05) is 13.1 Å². The number of aryl methyl sites for hydroxylation is 1. The molecule has 0 amide bonds. The van der Waals surface area contributed by atoms with Crippen molar-refractivity contribution in [3.05, 3.63) is 70.1 Å². The second-order valence-electron chi connectivity index (χ2n) is 7.32. The molecule has 1 aliphatic heterocycles. The highest BCUT2D eigenvalue weighted by Gasteiger charge is 2.25. The molecule has 0 bridgehead atoms. The fourth-order valence-corrected chi connectivity index (χ4v) is 5.10. The smallest absolute Gasteiger partial charge is 0.336 e. The number of ether oxygens (including phenoxy) is 1. The highest BCUT2D eigenvalue weighted by Crippen LogP contribution is 2.24. The van der Waals surface area contributed by atoms with Gasteiger partial charge in [-0.15, -0.1) is 0 Å². The average Bonchev–Trinajstić information content (AvgIpc) is 2.72. The van der Waals surface area contributed by atoms with E-state index in [0.29, 0.717) is 24.4 Å². The van der Waals surface area contributed by atoms with Gasteiger partial charge in [0, 0.05) is 30.1 Å². The van der Waals surface area contributed by atoms with Gasteiger partial charge >= 0.3 is 5.63 Å². The minimum absolute atomic E-state index is 0.184. The third-order valence-electron chi connectivity index (χ3n) is 5.16. The van der Waals surface area contributed by atoms with E-state index in [9.17, 15) is 13.2 Å². The monoisotopic (exact) mass is 413 g/mol. The summed E-state index contributed by atoms with van der Waals surface area (Å²) in [6, 6.07) is 13.5. The molecule has 0 N–H and O–H groups in total. The van der Waals surface area contributed by atoms with Crippen LogP contribution in [-0.2, 0) is 16.6 Å². The Morgan fingerprint density at radius 1 is 1.00 bits per heavy atom. The van der Waals surface area contributed by atoms with E-state index in [-0.39, 0.29) is 11.5 Å². The van der Waals surface area contributed by atoms with Gasteiger partial charge in [-0.3, -0.25) is 0 Å². The van der Waals surface area contributed by atoms with Crippen LogP contribution in [0.4, 0.5) is 0 Å². The normalized spacial score (nSPS) is 15.5. The molecule has 0 aliphatic carbocycles. The minimum atomic E-state index is -3.46. The number of nitrogens with zero attached hydrogens (tertiary/aromatic N) is 1. The van der Waals surface area contributed by atoms with E-state index in [1.54, 1.807) is 28.6 Å². The Kier molecular flexibility index (Phi) is 5.43. The maximum absolute atomic E-state index is 12.7. The quantitative estimate of drug-likeness (QED) is 0.594. The molecule has 0 atom stereocenters. The van der Waals surface area contributed by atoms with Crippen LogP contribution in [0.5, 0.6) is 5.75 Å². The van der Waals surface area contributed by atoms with Crippen molar-refractivity contribution in [2.45, 2.75) is 37.7 Å². The van der Waals surface area contributed by atoms with Crippen LogP contribution in [0.3, 0.4) is 0 Å². The van der Waals surface area contributed by atoms with Crippen LogP contribution in [0, 0.1) is 6.92 Å². The molecule has 0 spiro atoms. The molecule has 6 nitrogen and oxygen atoms in total. The Bertz CT molecular complexity index is 1180. The zero-order valence-electron chi connectivity index (χ0n) is 16.3. The first-order valence-electron chi connectivity index (χ1n) is 9.70. The van der Waals surface area contributed by atoms with E-state index >= 15 is 0 Å². The van der Waals surface area contributed by atoms with Gasteiger partial charge in [0.25, 0.3) is 0 Å². The molecule has 152 valence electrons. The number of sulfonamides is 1. The second kappa shape index (κ2) is 8.00. The Balaban J connectivity index is 1.51. The summed E-state index contributed by atoms with van der Waals surface area (Å²) in [6.45, 7) is 3.26. The summed E-state index contributed by atoms with van der Waals surface area (Å²) in [5, 5.41) is 0.819. The molecule has 1 aliphatic rings. The highest BCUT2D eigenvalue weighted by atomic mass is 32.2. The summed E-state index contributed by atoms with van der Waals surface area (Å²) >= 11 is 0. The van der Waals surface area contributed by atoms with E-state index in [1.165, 1.54) is 6.07 Å². The van der Waals surface area contributed by atoms with E-state index in [4.69, 9.17) is 9.15 Å². The number of benzene rings is 2. The lowest BCUT2D eigenvalue weighted by atomic mass is 10.1. The summed E-state index contributed by atoms with van der Waals surface area (Å²) in [5.41, 5.74) is 1.83. The molecule has 4 rings (SSSR count). The number of hydrogen-bond donors (Lipinski definition) is 0. The van der Waals surface area contributed by atoms with Crippen molar-refractivity contribution in [1.82, 2.24) is 4.31 Å². The molecule has 0 radical (unpaired) electrons. The fraction of sp³-hybridized carbons (Fsp3) is 0.318. The molecular weight excluding hydrogens is 390 g/mol. The number of hydrogen-bond acceptors (Lipinski definition) is 5.